The van der Waals surface area contributed by atoms with Crippen LogP contribution in [0.15, 0.2) is 51.9 Å². The van der Waals surface area contributed by atoms with Gasteiger partial charge in [-0.05, 0) is 75.0 Å². The lowest BCUT2D eigenvalue weighted by Gasteiger charge is -2.47. The minimum atomic E-state index is -0.471. The van der Waals surface area contributed by atoms with E-state index >= 15 is 0 Å². The van der Waals surface area contributed by atoms with Gasteiger partial charge in [0, 0.05) is 75.1 Å². The lowest BCUT2D eigenvalue weighted by molar-refractivity contribution is -0.126. The smallest absolute Gasteiger partial charge is 0.243 e. The Morgan fingerprint density at radius 3 is 1.66 bits per heavy atom. The van der Waals surface area contributed by atoms with Gasteiger partial charge in [-0.15, -0.1) is 0 Å². The summed E-state index contributed by atoms with van der Waals surface area (Å²) in [4.78, 5) is 78.6. The molecule has 2 N–H and O–H groups in total. The molecular weight excluding hydrogens is 749 g/mol. The summed E-state index contributed by atoms with van der Waals surface area (Å²) in [5.41, 5.74) is 1.99. The van der Waals surface area contributed by atoms with Crippen molar-refractivity contribution in [2.45, 2.75) is 103 Å². The molecule has 0 bridgehead atoms. The molecule has 2 aliphatic carbocycles. The third kappa shape index (κ3) is 7.01. The predicted octanol–water partition coefficient (Wildman–Crippen LogP) is 3.99. The van der Waals surface area contributed by atoms with Gasteiger partial charge in [0.2, 0.25) is 11.8 Å². The number of rotatable bonds is 4. The zero-order valence-electron chi connectivity index (χ0n) is 32.0. The van der Waals surface area contributed by atoms with Crippen LogP contribution in [0, 0.1) is 0 Å². The van der Waals surface area contributed by atoms with Gasteiger partial charge in [-0.3, -0.25) is 19.2 Å². The number of anilines is 3. The summed E-state index contributed by atoms with van der Waals surface area (Å²) in [6.07, 6.45) is 14.1. The third-order valence-electron chi connectivity index (χ3n) is 12.7. The van der Waals surface area contributed by atoms with Gasteiger partial charge >= 0.3 is 0 Å². The summed E-state index contributed by atoms with van der Waals surface area (Å²) >= 11 is 2.94. The van der Waals surface area contributed by atoms with Crippen molar-refractivity contribution in [3.05, 3.63) is 47.8 Å². The summed E-state index contributed by atoms with van der Waals surface area (Å²) in [5, 5.41) is 7.67. The second-order valence-electron chi connectivity index (χ2n) is 16.4. The first kappa shape index (κ1) is 37.3. The average molecular weight is 797 g/mol. The molecule has 16 heteroatoms. The number of piperazine rings is 3. The Morgan fingerprint density at radius 2 is 1.16 bits per heavy atom. The van der Waals surface area contributed by atoms with Crippen LogP contribution in [0.25, 0.3) is 0 Å². The van der Waals surface area contributed by atoms with Crippen molar-refractivity contribution >= 4 is 64.2 Å². The van der Waals surface area contributed by atoms with Gasteiger partial charge in [0.15, 0.2) is 21.9 Å². The molecule has 1 aromatic carbocycles. The highest BCUT2D eigenvalue weighted by Gasteiger charge is 2.50. The lowest BCUT2D eigenvalue weighted by Crippen LogP contribution is -2.68. The maximum absolute atomic E-state index is 12.9. The maximum Gasteiger partial charge on any atom is 0.243 e. The van der Waals surface area contributed by atoms with Crippen LogP contribution in [0.1, 0.15) is 84.9 Å². The summed E-state index contributed by atoms with van der Waals surface area (Å²) in [6.45, 7) is 5.69. The number of ketones is 2. The maximum atomic E-state index is 12.9. The molecule has 2 atom stereocenters. The number of fused-ring (bicyclic) bond motifs is 6. The number of aromatic nitrogens is 4. The monoisotopic (exact) mass is 796 g/mol. The molecule has 2 amide bonds. The van der Waals surface area contributed by atoms with E-state index in [1.807, 2.05) is 11.2 Å². The Balaban J connectivity index is 0.000000161. The largest absolute Gasteiger partial charge is 0.369 e. The number of likely N-dealkylation sites (N-methyl/N-ethyl adjacent to an activating group) is 1. The summed E-state index contributed by atoms with van der Waals surface area (Å²) in [6, 6.07) is 7.64. The fourth-order valence-corrected chi connectivity index (χ4v) is 10.7. The first-order valence-corrected chi connectivity index (χ1v) is 21.9. The van der Waals surface area contributed by atoms with E-state index in [4.69, 9.17) is 4.98 Å². The van der Waals surface area contributed by atoms with Crippen LogP contribution in [0.4, 0.5) is 17.3 Å². The molecule has 2 spiro atoms. The summed E-state index contributed by atoms with van der Waals surface area (Å²) in [5.74, 6) is 1.09. The van der Waals surface area contributed by atoms with E-state index in [0.717, 1.165) is 89.0 Å². The number of benzene rings is 1. The van der Waals surface area contributed by atoms with Crippen LogP contribution < -0.4 is 25.3 Å². The fourth-order valence-electron chi connectivity index (χ4n) is 9.60. The Bertz CT molecular complexity index is 2050. The first-order valence-electron chi connectivity index (χ1n) is 19.8. The van der Waals surface area contributed by atoms with Gasteiger partial charge in [0.25, 0.3) is 0 Å². The zero-order chi connectivity index (χ0) is 38.6. The normalized spacial score (nSPS) is 24.9. The van der Waals surface area contributed by atoms with Gasteiger partial charge in [-0.25, -0.2) is 19.9 Å². The van der Waals surface area contributed by atoms with E-state index in [-0.39, 0.29) is 47.3 Å². The van der Waals surface area contributed by atoms with Gasteiger partial charge in [0.1, 0.15) is 23.7 Å². The van der Waals surface area contributed by atoms with E-state index in [0.29, 0.717) is 39.6 Å². The molecule has 14 nitrogen and oxygen atoms in total. The van der Waals surface area contributed by atoms with Gasteiger partial charge in [0.05, 0.1) is 22.2 Å². The third-order valence-corrected chi connectivity index (χ3v) is 14.1. The van der Waals surface area contributed by atoms with Crippen molar-refractivity contribution in [2.24, 2.45) is 0 Å². The topological polar surface area (TPSA) is 157 Å². The zero-order valence-corrected chi connectivity index (χ0v) is 33.6. The molecular formula is C40H48N10O4S2. The minimum absolute atomic E-state index is 0.0311. The summed E-state index contributed by atoms with van der Waals surface area (Å²) in [7, 11) is 2.16. The Kier molecular flexibility index (Phi) is 9.93. The molecule has 10 rings (SSSR count). The van der Waals surface area contributed by atoms with Crippen LogP contribution >= 0.6 is 23.5 Å². The van der Waals surface area contributed by atoms with E-state index in [1.54, 1.807) is 12.4 Å². The Morgan fingerprint density at radius 1 is 0.679 bits per heavy atom. The number of carbonyl (C=O) groups excluding carboxylic acids is 4. The van der Waals surface area contributed by atoms with Crippen molar-refractivity contribution in [1.29, 1.82) is 0 Å². The molecule has 0 radical (unpaired) electrons. The first-order chi connectivity index (χ1) is 27.1. The van der Waals surface area contributed by atoms with Gasteiger partial charge in [-0.1, -0.05) is 37.4 Å². The van der Waals surface area contributed by atoms with Crippen LogP contribution in [-0.4, -0.2) is 124 Å². The number of hydrogen-bond acceptors (Lipinski definition) is 14. The van der Waals surface area contributed by atoms with Crippen LogP contribution in [0.3, 0.4) is 0 Å². The Labute approximate surface area is 335 Å². The number of nitrogens with one attached hydrogen (secondary N) is 2. The molecule has 7 aliphatic rings. The van der Waals surface area contributed by atoms with Crippen LogP contribution in [0.2, 0.25) is 0 Å². The number of nitrogens with zero attached hydrogens (tertiary/aromatic N) is 8. The molecule has 294 valence electrons. The molecule has 3 saturated heterocycles. The number of thioether (sulfide) groups is 1. The standard InChI is InChI=1S/C25H30N6O2S.C15H18N4O2S/c1-29-10-12-30(13-11-29)17-4-6-18(7-5-17)34-24-26-15-19-21(32)14-20-23(33)28-25(8-2-3-9-25)16-31(20)22(19)27-24;1-22-14-16-7-9-11(20)6-10-13(21)18-15(4-2-3-5-15)8-19(10)12(9)17-14/h4-7,15,20H,2-3,8-14,16H2,1H3,(H,28,33);7,10H,2-6,8H2,1H3,(H,18,21). The van der Waals surface area contributed by atoms with Crippen molar-refractivity contribution in [3.8, 4) is 0 Å². The number of carbonyl (C=O) groups is 4. The van der Waals surface area contributed by atoms with Crippen molar-refractivity contribution < 1.29 is 19.2 Å². The van der Waals surface area contributed by atoms with Gasteiger partial charge in [-0.2, -0.15) is 0 Å². The van der Waals surface area contributed by atoms with E-state index in [2.05, 4.69) is 71.6 Å². The lowest BCUT2D eigenvalue weighted by atomic mass is 9.87. The molecule has 2 aromatic heterocycles. The SMILES string of the molecule is CN1CCN(c2ccc(Sc3ncc4c(n3)N3CC5(CCCC5)NC(=O)C3CC4=O)cc2)CC1.CSc1ncc2c(n1)N1CC3(CCCC3)NC(=O)C1CC2=O. The second kappa shape index (κ2) is 14.9. The second-order valence-corrected chi connectivity index (χ2v) is 18.2. The number of Topliss-reactive ketones (excluding diaryl/α,β-unsaturated/α-hetero) is 2. The van der Waals surface area contributed by atoms with E-state index in [9.17, 15) is 19.2 Å². The minimum Gasteiger partial charge on any atom is -0.369 e. The number of hydrogen-bond donors (Lipinski definition) is 2. The molecule has 5 fully saturated rings. The van der Waals surface area contributed by atoms with Gasteiger partial charge < -0.3 is 30.2 Å². The fraction of sp³-hybridized carbons (Fsp3) is 0.550. The highest BCUT2D eigenvalue weighted by Crippen LogP contribution is 2.41. The van der Waals surface area contributed by atoms with Crippen LogP contribution in [0.5, 0.6) is 0 Å². The number of amides is 2. The van der Waals surface area contributed by atoms with E-state index < -0.39 is 12.1 Å². The molecule has 2 unspecified atom stereocenters. The highest BCUT2D eigenvalue weighted by atomic mass is 32.2. The molecule has 56 heavy (non-hydrogen) atoms. The van der Waals surface area contributed by atoms with Crippen molar-refractivity contribution in [1.82, 2.24) is 35.5 Å². The van der Waals surface area contributed by atoms with Crippen molar-refractivity contribution in [2.75, 3.05) is 67.3 Å². The predicted molar refractivity (Wildman–Crippen MR) is 215 cm³/mol. The van der Waals surface area contributed by atoms with E-state index in [1.165, 1.54) is 29.2 Å². The average Bonchev–Trinajstić information content (AvgIpc) is 3.86. The summed E-state index contributed by atoms with van der Waals surface area (Å²) < 4.78 is 0. The quantitative estimate of drug-likeness (QED) is 0.289. The Hall–Kier alpha value is -4.28. The molecule has 2 saturated carbocycles. The van der Waals surface area contributed by atoms with Crippen LogP contribution in [-0.2, 0) is 9.59 Å². The molecule has 7 heterocycles. The molecule has 3 aromatic rings. The van der Waals surface area contributed by atoms with Crippen molar-refractivity contribution in [3.63, 3.8) is 0 Å². The highest BCUT2D eigenvalue weighted by molar-refractivity contribution is 7.99. The molecule has 5 aliphatic heterocycles.